The van der Waals surface area contributed by atoms with Crippen molar-refractivity contribution in [3.63, 3.8) is 0 Å². The van der Waals surface area contributed by atoms with Gasteiger partial charge in [0, 0.05) is 24.8 Å². The van der Waals surface area contributed by atoms with Gasteiger partial charge in [0.05, 0.1) is 26.4 Å². The number of carbonyl (C=O) groups is 1. The van der Waals surface area contributed by atoms with Crippen LogP contribution in [0.25, 0.3) is 11.3 Å². The summed E-state index contributed by atoms with van der Waals surface area (Å²) in [7, 11) is 3.22. The molecular formula is C26H31N3O5. The normalized spacial score (nSPS) is 15.0. The first-order valence-corrected chi connectivity index (χ1v) is 11.6. The van der Waals surface area contributed by atoms with Gasteiger partial charge >= 0.3 is 0 Å². The van der Waals surface area contributed by atoms with E-state index in [2.05, 4.69) is 17.1 Å². The second-order valence-corrected chi connectivity index (χ2v) is 8.24. The first-order valence-electron chi connectivity index (χ1n) is 11.6. The van der Waals surface area contributed by atoms with E-state index in [-0.39, 0.29) is 11.7 Å². The van der Waals surface area contributed by atoms with Gasteiger partial charge in [-0.3, -0.25) is 9.89 Å². The number of nitrogens with one attached hydrogen (secondary N) is 1. The van der Waals surface area contributed by atoms with Gasteiger partial charge in [-0.1, -0.05) is 38.0 Å². The summed E-state index contributed by atoms with van der Waals surface area (Å²) in [5.74, 6) is 1.22. The summed E-state index contributed by atoms with van der Waals surface area (Å²) < 4.78 is 16.8. The number of nitrogens with zero attached hydrogens (tertiary/aromatic N) is 2. The van der Waals surface area contributed by atoms with Gasteiger partial charge in [0.2, 0.25) is 0 Å². The molecule has 2 N–H and O–H groups in total. The van der Waals surface area contributed by atoms with E-state index in [0.29, 0.717) is 48.2 Å². The molecule has 2 heterocycles. The number of ether oxygens (including phenoxy) is 3. The van der Waals surface area contributed by atoms with Gasteiger partial charge in [-0.05, 0) is 36.2 Å². The average Bonchev–Trinajstić information content (AvgIpc) is 3.39. The number of hydrogen-bond acceptors (Lipinski definition) is 6. The number of hydrogen-bond donors (Lipinski definition) is 2. The van der Waals surface area contributed by atoms with Crippen LogP contribution in [0.2, 0.25) is 0 Å². The van der Waals surface area contributed by atoms with Crippen LogP contribution in [-0.4, -0.2) is 60.1 Å². The van der Waals surface area contributed by atoms with E-state index >= 15 is 0 Å². The second-order valence-electron chi connectivity index (χ2n) is 8.24. The van der Waals surface area contributed by atoms with Crippen molar-refractivity contribution < 1.29 is 24.1 Å². The molecule has 34 heavy (non-hydrogen) atoms. The molecule has 0 saturated carbocycles. The van der Waals surface area contributed by atoms with Crippen molar-refractivity contribution in [1.82, 2.24) is 15.1 Å². The van der Waals surface area contributed by atoms with E-state index in [4.69, 9.17) is 14.2 Å². The van der Waals surface area contributed by atoms with Crippen molar-refractivity contribution in [1.29, 1.82) is 0 Å². The average molecular weight is 466 g/mol. The lowest BCUT2D eigenvalue weighted by atomic mass is 9.95. The zero-order valence-corrected chi connectivity index (χ0v) is 19.8. The Morgan fingerprint density at radius 2 is 1.91 bits per heavy atom. The maximum atomic E-state index is 13.3. The van der Waals surface area contributed by atoms with E-state index in [0.717, 1.165) is 30.4 Å². The smallest absolute Gasteiger partial charge is 0.273 e. The number of unbranched alkanes of at least 4 members (excludes halogenated alkanes) is 2. The molecule has 1 amide bonds. The van der Waals surface area contributed by atoms with Crippen molar-refractivity contribution in [2.24, 2.45) is 0 Å². The van der Waals surface area contributed by atoms with Gasteiger partial charge in [-0.25, -0.2) is 0 Å². The molecule has 8 heteroatoms. The molecule has 4 rings (SSSR count). The number of carbonyl (C=O) groups excluding carboxylic acids is 1. The van der Waals surface area contributed by atoms with Gasteiger partial charge < -0.3 is 24.2 Å². The largest absolute Gasteiger partial charge is 0.507 e. The lowest BCUT2D eigenvalue weighted by Gasteiger charge is -2.26. The minimum Gasteiger partial charge on any atom is -0.507 e. The highest BCUT2D eigenvalue weighted by Crippen LogP contribution is 2.45. The van der Waals surface area contributed by atoms with Crippen LogP contribution in [0.1, 0.15) is 53.8 Å². The number of methoxy groups -OCH3 is 2. The van der Waals surface area contributed by atoms with E-state index in [1.165, 1.54) is 0 Å². The van der Waals surface area contributed by atoms with E-state index in [9.17, 15) is 9.90 Å². The van der Waals surface area contributed by atoms with Crippen LogP contribution in [0.3, 0.4) is 0 Å². The first kappa shape index (κ1) is 23.6. The number of phenolic OH excluding ortho intramolecular Hbond substituents is 1. The predicted octanol–water partition coefficient (Wildman–Crippen LogP) is 4.55. The third kappa shape index (κ3) is 4.46. The molecule has 180 valence electrons. The Morgan fingerprint density at radius 3 is 2.65 bits per heavy atom. The molecule has 1 aliphatic heterocycles. The fraction of sp³-hybridized carbons (Fsp3) is 0.385. The van der Waals surface area contributed by atoms with Crippen LogP contribution >= 0.6 is 0 Å². The van der Waals surface area contributed by atoms with Crippen molar-refractivity contribution in [3.05, 3.63) is 59.3 Å². The maximum Gasteiger partial charge on any atom is 0.273 e. The summed E-state index contributed by atoms with van der Waals surface area (Å²) in [6.45, 7) is 3.57. The van der Waals surface area contributed by atoms with Gasteiger partial charge in [-0.2, -0.15) is 5.10 Å². The number of phenols is 1. The van der Waals surface area contributed by atoms with Crippen LogP contribution in [0.5, 0.6) is 17.2 Å². The monoisotopic (exact) mass is 465 g/mol. The standard InChI is InChI=1S/C26H31N3O5/c1-4-5-8-14-34-20-12-11-17(16-21(20)33-3)25-22-23(18-9-6-7-10-19(18)30)27-28-24(22)26(31)29(25)13-15-32-2/h6-7,9-12,16,25,30H,4-5,8,13-15H2,1-3H3,(H,27,28)/t25-/m0/s1. The SMILES string of the molecule is CCCCCOc1ccc([C@H]2c3c(-c4ccccc4O)n[nH]c3C(=O)N2CCOC)cc1OC. The molecule has 1 atom stereocenters. The second kappa shape index (κ2) is 10.6. The maximum absolute atomic E-state index is 13.3. The molecule has 1 aliphatic rings. The molecule has 0 aliphatic carbocycles. The number of benzene rings is 2. The Kier molecular flexibility index (Phi) is 7.37. The molecular weight excluding hydrogens is 434 g/mol. The number of H-pyrrole nitrogens is 1. The van der Waals surface area contributed by atoms with Gasteiger partial charge in [-0.15, -0.1) is 0 Å². The third-order valence-electron chi connectivity index (χ3n) is 6.07. The third-order valence-corrected chi connectivity index (χ3v) is 6.07. The first-order chi connectivity index (χ1) is 16.6. The van der Waals surface area contributed by atoms with Crippen LogP contribution < -0.4 is 9.47 Å². The van der Waals surface area contributed by atoms with Crippen LogP contribution in [-0.2, 0) is 4.74 Å². The van der Waals surface area contributed by atoms with Crippen LogP contribution in [0.15, 0.2) is 42.5 Å². The van der Waals surface area contributed by atoms with Crippen LogP contribution in [0, 0.1) is 0 Å². The molecule has 0 unspecified atom stereocenters. The van der Waals surface area contributed by atoms with Gasteiger partial charge in [0.1, 0.15) is 17.1 Å². The summed E-state index contributed by atoms with van der Waals surface area (Å²) in [5.41, 5.74) is 3.11. The molecule has 0 bridgehead atoms. The van der Waals surface area contributed by atoms with Crippen molar-refractivity contribution in [3.8, 4) is 28.5 Å². The van der Waals surface area contributed by atoms with Crippen molar-refractivity contribution >= 4 is 5.91 Å². The molecule has 8 nitrogen and oxygen atoms in total. The highest BCUT2D eigenvalue weighted by Gasteiger charge is 2.42. The Morgan fingerprint density at radius 1 is 1.09 bits per heavy atom. The van der Waals surface area contributed by atoms with Crippen molar-refractivity contribution in [2.45, 2.75) is 32.2 Å². The highest BCUT2D eigenvalue weighted by molar-refractivity contribution is 6.00. The number of aromatic amines is 1. The Bertz CT molecular complexity index is 1140. The van der Waals surface area contributed by atoms with Crippen molar-refractivity contribution in [2.75, 3.05) is 34.0 Å². The number of aromatic hydroxyl groups is 1. The topological polar surface area (TPSA) is 96.9 Å². The molecule has 3 aromatic rings. The Balaban J connectivity index is 1.76. The Hall–Kier alpha value is -3.52. The van der Waals surface area contributed by atoms with Crippen LogP contribution in [0.4, 0.5) is 0 Å². The zero-order valence-electron chi connectivity index (χ0n) is 19.8. The number of fused-ring (bicyclic) bond motifs is 1. The minimum absolute atomic E-state index is 0.103. The summed E-state index contributed by atoms with van der Waals surface area (Å²) in [4.78, 5) is 15.1. The lowest BCUT2D eigenvalue weighted by Crippen LogP contribution is -2.32. The fourth-order valence-electron chi connectivity index (χ4n) is 4.35. The van der Waals surface area contributed by atoms with E-state index in [1.54, 1.807) is 37.3 Å². The lowest BCUT2D eigenvalue weighted by molar-refractivity contribution is 0.0677. The number of rotatable bonds is 11. The number of aromatic nitrogens is 2. The highest BCUT2D eigenvalue weighted by atomic mass is 16.5. The summed E-state index contributed by atoms with van der Waals surface area (Å²) in [5, 5.41) is 17.8. The fourth-order valence-corrected chi connectivity index (χ4v) is 4.35. The number of amides is 1. The zero-order chi connectivity index (χ0) is 24.1. The quantitative estimate of drug-likeness (QED) is 0.403. The van der Waals surface area contributed by atoms with Gasteiger partial charge in [0.15, 0.2) is 11.5 Å². The predicted molar refractivity (Wildman–Crippen MR) is 128 cm³/mol. The molecule has 1 aromatic heterocycles. The molecule has 0 radical (unpaired) electrons. The molecule has 0 spiro atoms. The molecule has 0 fully saturated rings. The minimum atomic E-state index is -0.422. The van der Waals surface area contributed by atoms with E-state index in [1.807, 2.05) is 24.3 Å². The Labute approximate surface area is 199 Å². The summed E-state index contributed by atoms with van der Waals surface area (Å²) in [6.07, 6.45) is 3.21. The summed E-state index contributed by atoms with van der Waals surface area (Å²) in [6, 6.07) is 12.3. The molecule has 2 aromatic carbocycles. The summed E-state index contributed by atoms with van der Waals surface area (Å²) >= 11 is 0. The molecule has 0 saturated heterocycles. The van der Waals surface area contributed by atoms with Gasteiger partial charge in [0.25, 0.3) is 5.91 Å². The van der Waals surface area contributed by atoms with E-state index < -0.39 is 6.04 Å². The number of para-hydroxylation sites is 1.